The van der Waals surface area contributed by atoms with Gasteiger partial charge in [-0.05, 0) is 68.1 Å². The van der Waals surface area contributed by atoms with Crippen molar-refractivity contribution in [3.05, 3.63) is 59.9 Å². The number of benzene rings is 2. The lowest BCUT2D eigenvalue weighted by atomic mass is 9.95. The van der Waals surface area contributed by atoms with Gasteiger partial charge in [-0.1, -0.05) is 6.07 Å². The third-order valence-corrected chi connectivity index (χ3v) is 6.18. The van der Waals surface area contributed by atoms with Gasteiger partial charge >= 0.3 is 0 Å². The van der Waals surface area contributed by atoms with Crippen LogP contribution in [0.4, 0.5) is 10.1 Å². The van der Waals surface area contributed by atoms with E-state index < -0.39 is 21.4 Å². The van der Waals surface area contributed by atoms with Gasteiger partial charge in [0.2, 0.25) is 0 Å². The van der Waals surface area contributed by atoms with Gasteiger partial charge in [0.1, 0.15) is 5.82 Å². The highest BCUT2D eigenvalue weighted by Gasteiger charge is 2.41. The van der Waals surface area contributed by atoms with Crippen LogP contribution in [-0.4, -0.2) is 26.4 Å². The van der Waals surface area contributed by atoms with Gasteiger partial charge in [-0.25, -0.2) is 12.8 Å². The zero-order valence-electron chi connectivity index (χ0n) is 14.9. The highest BCUT2D eigenvalue weighted by Crippen LogP contribution is 2.39. The topological polar surface area (TPSA) is 101 Å². The van der Waals surface area contributed by atoms with Crippen molar-refractivity contribution in [3.63, 3.8) is 0 Å². The zero-order valence-corrected chi connectivity index (χ0v) is 15.7. The Kier molecular flexibility index (Phi) is 5.21. The zero-order chi connectivity index (χ0) is 19.7. The van der Waals surface area contributed by atoms with Crippen molar-refractivity contribution in [2.75, 3.05) is 11.3 Å². The number of halogens is 1. The van der Waals surface area contributed by atoms with E-state index in [1.165, 1.54) is 30.3 Å². The summed E-state index contributed by atoms with van der Waals surface area (Å²) in [5, 5.41) is 2.94. The molecule has 144 valence electrons. The minimum atomic E-state index is -3.91. The van der Waals surface area contributed by atoms with Crippen LogP contribution in [0.1, 0.15) is 30.1 Å². The van der Waals surface area contributed by atoms with Crippen LogP contribution in [-0.2, 0) is 10.0 Å². The molecular weight excluding hydrogens is 369 g/mol. The van der Waals surface area contributed by atoms with Crippen LogP contribution in [0.5, 0.6) is 0 Å². The summed E-state index contributed by atoms with van der Waals surface area (Å²) in [5.41, 5.74) is 5.79. The first-order valence-electron chi connectivity index (χ1n) is 8.64. The lowest BCUT2D eigenvalue weighted by Crippen LogP contribution is -2.53. The van der Waals surface area contributed by atoms with Gasteiger partial charge in [-0.15, -0.1) is 0 Å². The molecule has 1 unspecified atom stereocenters. The highest BCUT2D eigenvalue weighted by atomic mass is 32.2. The third-order valence-electron chi connectivity index (χ3n) is 4.80. The number of amides is 1. The summed E-state index contributed by atoms with van der Waals surface area (Å²) in [4.78, 5) is 12.5. The third kappa shape index (κ3) is 4.45. The monoisotopic (exact) mass is 391 g/mol. The van der Waals surface area contributed by atoms with Crippen molar-refractivity contribution in [2.24, 2.45) is 11.7 Å². The molecule has 1 aliphatic rings. The van der Waals surface area contributed by atoms with Gasteiger partial charge in [0.05, 0.1) is 10.4 Å². The Bertz CT molecular complexity index is 943. The first-order valence-corrected chi connectivity index (χ1v) is 10.1. The first kappa shape index (κ1) is 19.3. The fraction of sp³-hybridized carbons (Fsp3) is 0.316. The number of carbonyl (C=O) groups is 1. The average Bonchev–Trinajstić information content (AvgIpc) is 3.49. The molecule has 4 N–H and O–H groups in total. The summed E-state index contributed by atoms with van der Waals surface area (Å²) in [6.45, 7) is 2.22. The van der Waals surface area contributed by atoms with Crippen LogP contribution < -0.4 is 15.8 Å². The highest BCUT2D eigenvalue weighted by molar-refractivity contribution is 7.92. The number of hydrogen-bond acceptors (Lipinski definition) is 4. The fourth-order valence-electron chi connectivity index (χ4n) is 2.91. The standard InChI is InChI=1S/C19H22FN3O3S/c1-19(12-21,14-5-6-14)22-18(24)13-3-2-4-17(11-13)27(25,26)23-16-9-7-15(20)8-10-16/h2-4,7-11,14,23H,5-6,12,21H2,1H3,(H,22,24). The molecule has 1 atom stereocenters. The lowest BCUT2D eigenvalue weighted by Gasteiger charge is -2.29. The number of sulfonamides is 1. The summed E-state index contributed by atoms with van der Waals surface area (Å²) in [6, 6.07) is 10.7. The summed E-state index contributed by atoms with van der Waals surface area (Å²) < 4.78 is 40.5. The molecule has 2 aromatic rings. The van der Waals surface area contributed by atoms with Crippen LogP contribution in [0.25, 0.3) is 0 Å². The maximum absolute atomic E-state index is 13.0. The molecule has 0 aliphatic heterocycles. The maximum atomic E-state index is 13.0. The van der Waals surface area contributed by atoms with E-state index in [4.69, 9.17) is 5.73 Å². The second-order valence-corrected chi connectivity index (χ2v) is 8.67. The Morgan fingerprint density at radius 1 is 1.22 bits per heavy atom. The van der Waals surface area contributed by atoms with Gasteiger partial charge in [-0.2, -0.15) is 0 Å². The average molecular weight is 391 g/mol. The number of hydrogen-bond donors (Lipinski definition) is 3. The van der Waals surface area contributed by atoms with E-state index >= 15 is 0 Å². The van der Waals surface area contributed by atoms with Crippen molar-refractivity contribution in [1.29, 1.82) is 0 Å². The van der Waals surface area contributed by atoms with Crippen LogP contribution in [0.3, 0.4) is 0 Å². The van der Waals surface area contributed by atoms with Crippen molar-refractivity contribution >= 4 is 21.6 Å². The second-order valence-electron chi connectivity index (χ2n) is 6.99. The molecule has 8 heteroatoms. The Hall–Kier alpha value is -2.45. The van der Waals surface area contributed by atoms with E-state index in [1.807, 2.05) is 6.92 Å². The fourth-order valence-corrected chi connectivity index (χ4v) is 4.01. The maximum Gasteiger partial charge on any atom is 0.261 e. The number of rotatable bonds is 7. The molecule has 27 heavy (non-hydrogen) atoms. The second kappa shape index (κ2) is 7.28. The molecule has 3 rings (SSSR count). The number of nitrogens with two attached hydrogens (primary N) is 1. The van der Waals surface area contributed by atoms with Crippen LogP contribution in [0.2, 0.25) is 0 Å². The Balaban J connectivity index is 1.79. The largest absolute Gasteiger partial charge is 0.345 e. The van der Waals surface area contributed by atoms with Crippen molar-refractivity contribution in [3.8, 4) is 0 Å². The molecule has 0 bridgehead atoms. The van der Waals surface area contributed by atoms with Gasteiger partial charge in [0, 0.05) is 17.8 Å². The summed E-state index contributed by atoms with van der Waals surface area (Å²) in [5.74, 6) is -0.484. The SMILES string of the molecule is CC(CN)(NC(=O)c1cccc(S(=O)(=O)Nc2ccc(F)cc2)c1)C1CC1. The molecule has 1 fully saturated rings. The van der Waals surface area contributed by atoms with Crippen LogP contribution in [0, 0.1) is 11.7 Å². The molecule has 2 aromatic carbocycles. The van der Waals surface area contributed by atoms with E-state index in [9.17, 15) is 17.6 Å². The molecule has 0 heterocycles. The van der Waals surface area contributed by atoms with Crippen LogP contribution in [0.15, 0.2) is 53.4 Å². The van der Waals surface area contributed by atoms with Gasteiger partial charge in [-0.3, -0.25) is 9.52 Å². The molecule has 0 saturated heterocycles. The molecule has 1 aliphatic carbocycles. The minimum absolute atomic E-state index is 0.0552. The van der Waals surface area contributed by atoms with Crippen molar-refractivity contribution in [1.82, 2.24) is 5.32 Å². The van der Waals surface area contributed by atoms with Crippen molar-refractivity contribution in [2.45, 2.75) is 30.2 Å². The predicted molar refractivity (Wildman–Crippen MR) is 101 cm³/mol. The summed E-state index contributed by atoms with van der Waals surface area (Å²) in [7, 11) is -3.91. The first-order chi connectivity index (χ1) is 12.7. The molecule has 1 saturated carbocycles. The molecular formula is C19H22FN3O3S. The number of anilines is 1. The Labute approximate surface area is 158 Å². The van der Waals surface area contributed by atoms with E-state index in [-0.39, 0.29) is 22.1 Å². The van der Waals surface area contributed by atoms with E-state index in [1.54, 1.807) is 6.07 Å². The molecule has 0 radical (unpaired) electrons. The molecule has 1 amide bonds. The van der Waals surface area contributed by atoms with E-state index in [0.29, 0.717) is 12.5 Å². The van der Waals surface area contributed by atoms with E-state index in [2.05, 4.69) is 10.0 Å². The van der Waals surface area contributed by atoms with Crippen LogP contribution >= 0.6 is 0 Å². The molecule has 0 aromatic heterocycles. The Morgan fingerprint density at radius 3 is 2.48 bits per heavy atom. The lowest BCUT2D eigenvalue weighted by molar-refractivity contribution is 0.0897. The van der Waals surface area contributed by atoms with Gasteiger partial charge in [0.25, 0.3) is 15.9 Å². The van der Waals surface area contributed by atoms with E-state index in [0.717, 1.165) is 25.0 Å². The quantitative estimate of drug-likeness (QED) is 0.675. The minimum Gasteiger partial charge on any atom is -0.345 e. The summed E-state index contributed by atoms with van der Waals surface area (Å²) >= 11 is 0. The van der Waals surface area contributed by atoms with Gasteiger partial charge in [0.15, 0.2) is 0 Å². The summed E-state index contributed by atoms with van der Waals surface area (Å²) in [6.07, 6.45) is 2.04. The van der Waals surface area contributed by atoms with Gasteiger partial charge < -0.3 is 11.1 Å². The molecule has 6 nitrogen and oxygen atoms in total. The number of carbonyl (C=O) groups excluding carboxylic acids is 1. The van der Waals surface area contributed by atoms with Crippen molar-refractivity contribution < 1.29 is 17.6 Å². The molecule has 0 spiro atoms. The predicted octanol–water partition coefficient (Wildman–Crippen LogP) is 2.48. The normalized spacial score (nSPS) is 16.4. The smallest absolute Gasteiger partial charge is 0.261 e. The Morgan fingerprint density at radius 2 is 1.89 bits per heavy atom. The number of nitrogens with one attached hydrogen (secondary N) is 2.